The van der Waals surface area contributed by atoms with Gasteiger partial charge in [-0.15, -0.1) is 0 Å². The number of nitriles is 2. The zero-order chi connectivity index (χ0) is 48.1. The number of nitrogens with zero attached hydrogens (tertiary/aromatic N) is 4. The Hall–Kier alpha value is -10.0. The minimum atomic E-state index is 0.634. The van der Waals surface area contributed by atoms with Crippen molar-refractivity contribution < 1.29 is 0 Å². The summed E-state index contributed by atoms with van der Waals surface area (Å²) in [6, 6.07) is 94.6. The molecule has 0 aliphatic rings. The van der Waals surface area contributed by atoms with Crippen molar-refractivity contribution in [2.24, 2.45) is 0 Å². The van der Waals surface area contributed by atoms with Crippen molar-refractivity contribution in [2.75, 3.05) is 0 Å². The standard InChI is InChI=1S/C68H42N4/c69-43-45-33-55(47-13-5-1-6-14-47)37-57(35-45)53-25-29-61-63-39-51(27-31-65(63)71(67(61)41-53)59-17-9-3-10-18-59)49-21-23-50(24-22-49)52-28-32-66-64(40-52)62-30-26-54(42-68(62)72(66)60-19-11-4-12-20-60)58-36-46(44-70)34-56(38-58)48-15-7-2-8-16-48/h1-42H. The molecular formula is C68H42N4. The summed E-state index contributed by atoms with van der Waals surface area (Å²) in [6.07, 6.45) is 0. The van der Waals surface area contributed by atoms with E-state index in [2.05, 4.69) is 215 Å². The van der Waals surface area contributed by atoms with Crippen LogP contribution in [-0.2, 0) is 0 Å². The van der Waals surface area contributed by atoms with Crippen molar-refractivity contribution in [3.05, 3.63) is 266 Å². The highest BCUT2D eigenvalue weighted by Gasteiger charge is 2.18. The number of hydrogen-bond acceptors (Lipinski definition) is 2. The molecule has 0 atom stereocenters. The first-order chi connectivity index (χ1) is 35.6. The number of benzene rings is 11. The van der Waals surface area contributed by atoms with Crippen molar-refractivity contribution in [1.29, 1.82) is 10.5 Å². The highest BCUT2D eigenvalue weighted by molar-refractivity contribution is 6.13. The van der Waals surface area contributed by atoms with Crippen LogP contribution in [0.3, 0.4) is 0 Å². The third kappa shape index (κ3) is 7.40. The minimum absolute atomic E-state index is 0.634. The lowest BCUT2D eigenvalue weighted by Crippen LogP contribution is -1.93. The van der Waals surface area contributed by atoms with Crippen molar-refractivity contribution in [3.8, 4) is 90.3 Å². The average molecular weight is 915 g/mol. The monoisotopic (exact) mass is 914 g/mol. The van der Waals surface area contributed by atoms with E-state index in [4.69, 9.17) is 0 Å². The van der Waals surface area contributed by atoms with Crippen LogP contribution in [0.2, 0.25) is 0 Å². The van der Waals surface area contributed by atoms with Crippen LogP contribution in [0, 0.1) is 22.7 Å². The fourth-order valence-electron chi connectivity index (χ4n) is 10.6. The van der Waals surface area contributed by atoms with Gasteiger partial charge in [-0.2, -0.15) is 10.5 Å². The summed E-state index contributed by atoms with van der Waals surface area (Å²) in [7, 11) is 0. The van der Waals surface area contributed by atoms with Crippen molar-refractivity contribution in [2.45, 2.75) is 0 Å². The summed E-state index contributed by atoms with van der Waals surface area (Å²) < 4.78 is 4.71. The first-order valence-electron chi connectivity index (χ1n) is 24.2. The van der Waals surface area contributed by atoms with Crippen molar-refractivity contribution in [3.63, 3.8) is 0 Å². The van der Waals surface area contributed by atoms with Gasteiger partial charge in [0.2, 0.25) is 0 Å². The largest absolute Gasteiger partial charge is 0.309 e. The second kappa shape index (κ2) is 17.5. The number of rotatable bonds is 8. The Bertz CT molecular complexity index is 4020. The Morgan fingerprint density at radius 3 is 0.903 bits per heavy atom. The first kappa shape index (κ1) is 42.1. The zero-order valence-corrected chi connectivity index (χ0v) is 39.0. The van der Waals surface area contributed by atoms with Crippen molar-refractivity contribution in [1.82, 2.24) is 9.13 Å². The molecule has 334 valence electrons. The molecule has 0 spiro atoms. The van der Waals surface area contributed by atoms with Gasteiger partial charge in [-0.3, -0.25) is 0 Å². The Kier molecular flexibility index (Phi) is 10.2. The quantitative estimate of drug-likeness (QED) is 0.152. The van der Waals surface area contributed by atoms with Crippen LogP contribution in [0.4, 0.5) is 0 Å². The third-order valence-electron chi connectivity index (χ3n) is 14.1. The molecule has 4 nitrogen and oxygen atoms in total. The van der Waals surface area contributed by atoms with E-state index in [9.17, 15) is 10.5 Å². The molecule has 0 aliphatic carbocycles. The molecule has 0 unspecified atom stereocenters. The van der Waals surface area contributed by atoms with Gasteiger partial charge in [0.25, 0.3) is 0 Å². The Balaban J connectivity index is 0.879. The predicted molar refractivity (Wildman–Crippen MR) is 297 cm³/mol. The number of fused-ring (bicyclic) bond motifs is 6. The summed E-state index contributed by atoms with van der Waals surface area (Å²) in [5, 5.41) is 24.8. The van der Waals surface area contributed by atoms with Crippen LogP contribution in [0.1, 0.15) is 11.1 Å². The predicted octanol–water partition coefficient (Wildman–Crippen LogP) is 17.6. The van der Waals surface area contributed by atoms with E-state index >= 15 is 0 Å². The van der Waals surface area contributed by atoms with Crippen LogP contribution in [-0.4, -0.2) is 9.13 Å². The molecule has 0 amide bonds. The van der Waals surface area contributed by atoms with Gasteiger partial charge in [-0.05, 0) is 164 Å². The molecule has 2 aromatic heterocycles. The lowest BCUT2D eigenvalue weighted by atomic mass is 9.95. The van der Waals surface area contributed by atoms with E-state index in [1.807, 2.05) is 60.7 Å². The molecule has 2 heterocycles. The fraction of sp³-hybridized carbons (Fsp3) is 0. The smallest absolute Gasteiger partial charge is 0.0992 e. The number of aromatic nitrogens is 2. The van der Waals surface area contributed by atoms with Crippen LogP contribution in [0.25, 0.3) is 122 Å². The Morgan fingerprint density at radius 2 is 0.528 bits per heavy atom. The van der Waals surface area contributed by atoms with Gasteiger partial charge in [-0.1, -0.05) is 158 Å². The zero-order valence-electron chi connectivity index (χ0n) is 39.0. The van der Waals surface area contributed by atoms with Gasteiger partial charge in [0.15, 0.2) is 0 Å². The van der Waals surface area contributed by atoms with Crippen LogP contribution >= 0.6 is 0 Å². The molecule has 72 heavy (non-hydrogen) atoms. The van der Waals surface area contributed by atoms with Crippen molar-refractivity contribution >= 4 is 43.6 Å². The summed E-state index contributed by atoms with van der Waals surface area (Å²) in [5.41, 5.74) is 20.8. The highest BCUT2D eigenvalue weighted by atomic mass is 15.0. The minimum Gasteiger partial charge on any atom is -0.309 e. The van der Waals surface area contributed by atoms with E-state index in [-0.39, 0.29) is 0 Å². The van der Waals surface area contributed by atoms with Gasteiger partial charge >= 0.3 is 0 Å². The maximum absolute atomic E-state index is 10.1. The van der Waals surface area contributed by atoms with E-state index in [1.165, 1.54) is 21.5 Å². The van der Waals surface area contributed by atoms with Crippen LogP contribution in [0.15, 0.2) is 255 Å². The lowest BCUT2D eigenvalue weighted by Gasteiger charge is -2.11. The molecule has 13 rings (SSSR count). The second-order valence-corrected chi connectivity index (χ2v) is 18.4. The number of hydrogen-bond donors (Lipinski definition) is 0. The normalized spacial score (nSPS) is 11.3. The molecule has 0 aliphatic heterocycles. The van der Waals surface area contributed by atoms with Crippen LogP contribution < -0.4 is 0 Å². The van der Waals surface area contributed by atoms with Gasteiger partial charge in [0.05, 0.1) is 45.3 Å². The number of para-hydroxylation sites is 2. The lowest BCUT2D eigenvalue weighted by molar-refractivity contribution is 1.18. The van der Waals surface area contributed by atoms with E-state index in [0.29, 0.717) is 11.1 Å². The topological polar surface area (TPSA) is 57.4 Å². The summed E-state index contributed by atoms with van der Waals surface area (Å²) in [4.78, 5) is 0. The van der Waals surface area contributed by atoms with Gasteiger partial charge < -0.3 is 9.13 Å². The van der Waals surface area contributed by atoms with Crippen LogP contribution in [0.5, 0.6) is 0 Å². The molecule has 4 heteroatoms. The molecule has 0 radical (unpaired) electrons. The fourth-order valence-corrected chi connectivity index (χ4v) is 10.6. The second-order valence-electron chi connectivity index (χ2n) is 18.4. The Labute approximate surface area is 417 Å². The van der Waals surface area contributed by atoms with Gasteiger partial charge in [0.1, 0.15) is 0 Å². The molecule has 0 bridgehead atoms. The summed E-state index contributed by atoms with van der Waals surface area (Å²) in [6.45, 7) is 0. The maximum Gasteiger partial charge on any atom is 0.0992 e. The van der Waals surface area contributed by atoms with E-state index < -0.39 is 0 Å². The van der Waals surface area contributed by atoms with Gasteiger partial charge in [0, 0.05) is 32.9 Å². The first-order valence-corrected chi connectivity index (χ1v) is 24.2. The molecule has 0 N–H and O–H groups in total. The van der Waals surface area contributed by atoms with E-state index in [0.717, 1.165) is 100 Å². The summed E-state index contributed by atoms with van der Waals surface area (Å²) >= 11 is 0. The molecule has 0 fully saturated rings. The highest BCUT2D eigenvalue weighted by Crippen LogP contribution is 2.41. The summed E-state index contributed by atoms with van der Waals surface area (Å²) in [5.74, 6) is 0. The molecule has 0 saturated heterocycles. The SMILES string of the molecule is N#Cc1cc(-c2ccccc2)cc(-c2ccc3c4cc(-c5ccc(-c6ccc7c(c6)c6ccc(-c8cc(C#N)cc(-c9ccccc9)c8)cc6n7-c6ccccc6)cc5)ccc4n(-c4ccccc4)c3c2)c1. The molecular weight excluding hydrogens is 873 g/mol. The Morgan fingerprint density at radius 1 is 0.222 bits per heavy atom. The average Bonchev–Trinajstić information content (AvgIpc) is 3.97. The molecule has 13 aromatic rings. The third-order valence-corrected chi connectivity index (χ3v) is 14.1. The van der Waals surface area contributed by atoms with Gasteiger partial charge in [-0.25, -0.2) is 0 Å². The molecule has 11 aromatic carbocycles. The molecule has 0 saturated carbocycles. The maximum atomic E-state index is 10.1. The van der Waals surface area contributed by atoms with E-state index in [1.54, 1.807) is 0 Å².